The molecule has 12 nitrogen and oxygen atoms in total. The molecule has 0 aliphatic carbocycles. The average molecular weight is 699 g/mol. The molecule has 0 bridgehead atoms. The van der Waals surface area contributed by atoms with Gasteiger partial charge in [-0.05, 0) is 42.4 Å². The third-order valence-electron chi connectivity index (χ3n) is 8.39. The van der Waals surface area contributed by atoms with Crippen LogP contribution in [0.5, 0.6) is 0 Å². The maximum atomic E-state index is 13.9. The number of hydrogen-bond acceptors (Lipinski definition) is 8. The standard InChI is InChI=1S/C39H50N6O6/c1-26(2)35(44-38(48)45(5)23-32-25-50-37(41-32)27(3)4)36(47)43-33(20-29-15-10-7-11-16-29)34(46)21-31(19-28-13-8-6-9-14-28)42-39(49)51-24-30-17-12-18-40-22-30/h6-18,22,25-27,31,33-35,46H,19-21,23-24H2,1-5H3,(H,42,49)(H,43,47)(H,44,48)/t31-,33-,34-,35?/m0/s1. The van der Waals surface area contributed by atoms with Crippen LogP contribution in [0, 0.1) is 5.92 Å². The number of aliphatic hydroxyl groups is 1. The van der Waals surface area contributed by atoms with Crippen LogP contribution < -0.4 is 16.0 Å². The van der Waals surface area contributed by atoms with E-state index in [9.17, 15) is 19.5 Å². The van der Waals surface area contributed by atoms with Gasteiger partial charge in [-0.1, -0.05) is 94.4 Å². The molecule has 12 heteroatoms. The van der Waals surface area contributed by atoms with Crippen molar-refractivity contribution in [1.82, 2.24) is 30.8 Å². The number of aliphatic hydroxyl groups excluding tert-OH is 1. The van der Waals surface area contributed by atoms with Crippen molar-refractivity contribution in [1.29, 1.82) is 0 Å². The van der Waals surface area contributed by atoms with E-state index in [4.69, 9.17) is 9.15 Å². The first kappa shape index (κ1) is 38.6. The third kappa shape index (κ3) is 12.6. The number of carbonyl (C=O) groups is 3. The minimum Gasteiger partial charge on any atom is -0.448 e. The van der Waals surface area contributed by atoms with E-state index in [0.717, 1.165) is 16.7 Å². The Morgan fingerprint density at radius 3 is 2.10 bits per heavy atom. The molecule has 2 aromatic carbocycles. The summed E-state index contributed by atoms with van der Waals surface area (Å²) in [4.78, 5) is 50.0. The van der Waals surface area contributed by atoms with Gasteiger partial charge in [0.2, 0.25) is 5.91 Å². The van der Waals surface area contributed by atoms with Crippen LogP contribution in [0.3, 0.4) is 0 Å². The second kappa shape index (κ2) is 19.2. The Hall–Kier alpha value is -5.23. The van der Waals surface area contributed by atoms with Gasteiger partial charge >= 0.3 is 12.1 Å². The Bertz CT molecular complexity index is 1650. The number of aromatic nitrogens is 2. The van der Waals surface area contributed by atoms with Crippen LogP contribution in [-0.4, -0.2) is 69.3 Å². The molecule has 4 rings (SSSR count). The number of alkyl carbamates (subject to hydrolysis) is 1. The first-order valence-corrected chi connectivity index (χ1v) is 17.3. The highest BCUT2D eigenvalue weighted by Gasteiger charge is 2.31. The molecule has 0 spiro atoms. The van der Waals surface area contributed by atoms with Crippen molar-refractivity contribution in [2.24, 2.45) is 5.92 Å². The number of pyridine rings is 1. The van der Waals surface area contributed by atoms with E-state index in [1.165, 1.54) is 11.2 Å². The summed E-state index contributed by atoms with van der Waals surface area (Å²) in [5.41, 5.74) is 3.22. The fourth-order valence-electron chi connectivity index (χ4n) is 5.57. The zero-order chi connectivity index (χ0) is 36.8. The van der Waals surface area contributed by atoms with Crippen molar-refractivity contribution in [2.75, 3.05) is 7.05 Å². The van der Waals surface area contributed by atoms with Crippen molar-refractivity contribution >= 4 is 18.0 Å². The van der Waals surface area contributed by atoms with Crippen molar-refractivity contribution in [2.45, 2.75) is 90.3 Å². The Labute approximate surface area is 300 Å². The van der Waals surface area contributed by atoms with E-state index in [1.54, 1.807) is 25.5 Å². The molecule has 51 heavy (non-hydrogen) atoms. The number of benzene rings is 2. The molecular weight excluding hydrogens is 648 g/mol. The molecule has 0 radical (unpaired) electrons. The predicted octanol–water partition coefficient (Wildman–Crippen LogP) is 5.38. The average Bonchev–Trinajstić information content (AvgIpc) is 3.59. The van der Waals surface area contributed by atoms with Gasteiger partial charge in [0.15, 0.2) is 5.89 Å². The van der Waals surface area contributed by atoms with Crippen molar-refractivity contribution < 1.29 is 28.6 Å². The van der Waals surface area contributed by atoms with Gasteiger partial charge in [0, 0.05) is 37.0 Å². The fraction of sp³-hybridized carbons (Fsp3) is 0.410. The summed E-state index contributed by atoms with van der Waals surface area (Å²) < 4.78 is 11.0. The van der Waals surface area contributed by atoms with Crippen LogP contribution in [0.2, 0.25) is 0 Å². The zero-order valence-corrected chi connectivity index (χ0v) is 30.0. The van der Waals surface area contributed by atoms with Gasteiger partial charge < -0.3 is 35.1 Å². The molecule has 0 aliphatic rings. The molecule has 0 saturated carbocycles. The highest BCUT2D eigenvalue weighted by molar-refractivity contribution is 5.87. The first-order valence-electron chi connectivity index (χ1n) is 17.3. The van der Waals surface area contributed by atoms with Crippen LogP contribution in [-0.2, 0) is 35.5 Å². The van der Waals surface area contributed by atoms with Gasteiger partial charge in [-0.25, -0.2) is 14.6 Å². The predicted molar refractivity (Wildman–Crippen MR) is 193 cm³/mol. The number of urea groups is 1. The van der Waals surface area contributed by atoms with E-state index in [-0.39, 0.29) is 31.4 Å². The number of amides is 4. The van der Waals surface area contributed by atoms with Crippen molar-refractivity contribution in [3.05, 3.63) is 120 Å². The summed E-state index contributed by atoms with van der Waals surface area (Å²) in [6.45, 7) is 7.87. The largest absolute Gasteiger partial charge is 0.448 e. The minimum atomic E-state index is -1.07. The molecule has 2 aromatic heterocycles. The van der Waals surface area contributed by atoms with Gasteiger partial charge in [0.05, 0.1) is 24.4 Å². The lowest BCUT2D eigenvalue weighted by Gasteiger charge is -2.31. The van der Waals surface area contributed by atoms with Crippen LogP contribution in [0.25, 0.3) is 0 Å². The smallest absolute Gasteiger partial charge is 0.407 e. The monoisotopic (exact) mass is 698 g/mol. The number of oxazole rings is 1. The van der Waals surface area contributed by atoms with Crippen molar-refractivity contribution in [3.63, 3.8) is 0 Å². The third-order valence-corrected chi connectivity index (χ3v) is 8.39. The fourth-order valence-corrected chi connectivity index (χ4v) is 5.57. The Morgan fingerprint density at radius 1 is 0.863 bits per heavy atom. The van der Waals surface area contributed by atoms with Gasteiger partial charge in [0.25, 0.3) is 0 Å². The number of rotatable bonds is 17. The zero-order valence-electron chi connectivity index (χ0n) is 30.0. The topological polar surface area (TPSA) is 159 Å². The first-order chi connectivity index (χ1) is 24.5. The molecule has 1 unspecified atom stereocenters. The van der Waals surface area contributed by atoms with E-state index in [1.807, 2.05) is 94.4 Å². The summed E-state index contributed by atoms with van der Waals surface area (Å²) in [5, 5.41) is 20.6. The summed E-state index contributed by atoms with van der Waals surface area (Å²) in [5.74, 6) is 0.00283. The lowest BCUT2D eigenvalue weighted by atomic mass is 9.93. The molecular formula is C39H50N6O6. The molecule has 0 aliphatic heterocycles. The van der Waals surface area contributed by atoms with E-state index < -0.39 is 42.3 Å². The Morgan fingerprint density at radius 2 is 1.51 bits per heavy atom. The lowest BCUT2D eigenvalue weighted by molar-refractivity contribution is -0.125. The molecule has 272 valence electrons. The van der Waals surface area contributed by atoms with Crippen LogP contribution in [0.15, 0.2) is 95.9 Å². The molecule has 4 atom stereocenters. The number of nitrogens with zero attached hydrogens (tertiary/aromatic N) is 3. The van der Waals surface area contributed by atoms with Gasteiger partial charge in [-0.2, -0.15) is 0 Å². The van der Waals surface area contributed by atoms with Crippen LogP contribution >= 0.6 is 0 Å². The van der Waals surface area contributed by atoms with E-state index in [0.29, 0.717) is 24.4 Å². The number of hydrogen-bond donors (Lipinski definition) is 4. The van der Waals surface area contributed by atoms with E-state index >= 15 is 0 Å². The highest BCUT2D eigenvalue weighted by atomic mass is 16.5. The van der Waals surface area contributed by atoms with Crippen LogP contribution in [0.4, 0.5) is 9.59 Å². The maximum absolute atomic E-state index is 13.9. The van der Waals surface area contributed by atoms with Crippen LogP contribution in [0.1, 0.15) is 68.3 Å². The minimum absolute atomic E-state index is 0.0437. The highest BCUT2D eigenvalue weighted by Crippen LogP contribution is 2.17. The maximum Gasteiger partial charge on any atom is 0.407 e. The lowest BCUT2D eigenvalue weighted by Crippen LogP contribution is -2.57. The Kier molecular flexibility index (Phi) is 14.5. The molecule has 4 N–H and O–H groups in total. The van der Waals surface area contributed by atoms with Crippen molar-refractivity contribution in [3.8, 4) is 0 Å². The summed E-state index contributed by atoms with van der Waals surface area (Å²) in [7, 11) is 1.62. The summed E-state index contributed by atoms with van der Waals surface area (Å²) in [6, 6.07) is 20.1. The van der Waals surface area contributed by atoms with Gasteiger partial charge in [-0.15, -0.1) is 0 Å². The second-order valence-electron chi connectivity index (χ2n) is 13.4. The number of ether oxygens (including phenoxy) is 1. The number of nitrogens with one attached hydrogen (secondary N) is 3. The van der Waals surface area contributed by atoms with Gasteiger partial charge in [0.1, 0.15) is 18.9 Å². The SMILES string of the molecule is CC(C)c1nc(CN(C)C(=O)NC(C(=O)N[C@@H](Cc2ccccc2)[C@@H](O)C[C@H](Cc2ccccc2)NC(=O)OCc2cccnc2)C(C)C)co1. The molecule has 4 amide bonds. The summed E-state index contributed by atoms with van der Waals surface area (Å²) in [6.07, 6.45) is 3.95. The Balaban J connectivity index is 1.47. The second-order valence-corrected chi connectivity index (χ2v) is 13.4. The molecule has 4 aromatic rings. The molecule has 0 fully saturated rings. The summed E-state index contributed by atoms with van der Waals surface area (Å²) >= 11 is 0. The molecule has 2 heterocycles. The normalized spacial score (nSPS) is 13.6. The number of carbonyl (C=O) groups excluding carboxylic acids is 3. The van der Waals surface area contributed by atoms with Gasteiger partial charge in [-0.3, -0.25) is 9.78 Å². The van der Waals surface area contributed by atoms with E-state index in [2.05, 4.69) is 25.9 Å². The quantitative estimate of drug-likeness (QED) is 0.115. The molecule has 0 saturated heterocycles.